The number of imide groups is 1. The van der Waals surface area contributed by atoms with Crippen LogP contribution in [0.25, 0.3) is 0 Å². The van der Waals surface area contributed by atoms with Crippen molar-refractivity contribution in [1.29, 1.82) is 0 Å². The lowest BCUT2D eigenvalue weighted by atomic mass is 10.1. The zero-order chi connectivity index (χ0) is 16.6. The van der Waals surface area contributed by atoms with Crippen LogP contribution in [0.3, 0.4) is 0 Å². The van der Waals surface area contributed by atoms with Gasteiger partial charge in [0.15, 0.2) is 11.5 Å². The molecule has 2 aromatic rings. The molecule has 6 nitrogen and oxygen atoms in total. The second-order valence-corrected chi connectivity index (χ2v) is 5.62. The third-order valence-electron chi connectivity index (χ3n) is 3.37. The molecule has 0 spiro atoms. The average Bonchev–Trinajstić information content (AvgIpc) is 2.80. The fourth-order valence-corrected chi connectivity index (χ4v) is 2.69. The molecule has 0 bridgehead atoms. The number of methoxy groups -OCH3 is 1. The van der Waals surface area contributed by atoms with Gasteiger partial charge in [-0.3, -0.25) is 9.59 Å². The first-order valence-electron chi connectivity index (χ1n) is 6.61. The summed E-state index contributed by atoms with van der Waals surface area (Å²) in [5, 5.41) is 14.6. The molecule has 23 heavy (non-hydrogen) atoms. The van der Waals surface area contributed by atoms with Gasteiger partial charge in [0.25, 0.3) is 11.8 Å². The van der Waals surface area contributed by atoms with E-state index in [1.165, 1.54) is 13.3 Å². The van der Waals surface area contributed by atoms with E-state index in [0.717, 1.165) is 5.01 Å². The van der Waals surface area contributed by atoms with Gasteiger partial charge in [0.1, 0.15) is 0 Å². The zero-order valence-corrected chi connectivity index (χ0v) is 13.6. The predicted octanol–water partition coefficient (Wildman–Crippen LogP) is 2.79. The molecule has 1 aliphatic heterocycles. The van der Waals surface area contributed by atoms with Crippen LogP contribution in [0.2, 0.25) is 0 Å². The molecule has 0 saturated heterocycles. The highest BCUT2D eigenvalue weighted by Crippen LogP contribution is 2.34. The van der Waals surface area contributed by atoms with Crippen LogP contribution in [0, 0.1) is 0 Å². The molecule has 0 radical (unpaired) electrons. The van der Waals surface area contributed by atoms with Crippen molar-refractivity contribution in [3.05, 3.63) is 57.6 Å². The van der Waals surface area contributed by atoms with E-state index in [0.29, 0.717) is 21.2 Å². The highest BCUT2D eigenvalue weighted by atomic mass is 79.9. The first-order chi connectivity index (χ1) is 11.0. The molecule has 0 atom stereocenters. The number of amides is 2. The number of fused-ring (bicyclic) bond motifs is 1. The largest absolute Gasteiger partial charge is 0.503 e. The molecule has 1 aliphatic rings. The maximum atomic E-state index is 12.2. The Morgan fingerprint density at radius 1 is 1.17 bits per heavy atom. The summed E-state index contributed by atoms with van der Waals surface area (Å²) in [5.74, 6) is -0.716. The van der Waals surface area contributed by atoms with Crippen molar-refractivity contribution in [2.45, 2.75) is 0 Å². The number of benzene rings is 2. The number of phenolic OH excluding ortho intramolecular Hbond substituents is 1. The number of nitrogens with zero attached hydrogens (tertiary/aromatic N) is 2. The van der Waals surface area contributed by atoms with Crippen molar-refractivity contribution >= 4 is 34.0 Å². The summed E-state index contributed by atoms with van der Waals surface area (Å²) in [6, 6.07) is 9.70. The number of ether oxygens (including phenoxy) is 1. The second kappa shape index (κ2) is 5.85. The van der Waals surface area contributed by atoms with Gasteiger partial charge in [-0.15, -0.1) is 0 Å². The van der Waals surface area contributed by atoms with Gasteiger partial charge in [-0.25, -0.2) is 0 Å². The van der Waals surface area contributed by atoms with Crippen molar-refractivity contribution in [3.63, 3.8) is 0 Å². The third-order valence-corrected chi connectivity index (χ3v) is 3.97. The summed E-state index contributed by atoms with van der Waals surface area (Å²) in [4.78, 5) is 24.4. The Balaban J connectivity index is 1.92. The third kappa shape index (κ3) is 2.59. The molecule has 0 unspecified atom stereocenters. The molecule has 1 heterocycles. The van der Waals surface area contributed by atoms with Gasteiger partial charge in [0.2, 0.25) is 0 Å². The number of hydrogen-bond donors (Lipinski definition) is 1. The molecule has 2 amide bonds. The van der Waals surface area contributed by atoms with Crippen molar-refractivity contribution < 1.29 is 19.4 Å². The summed E-state index contributed by atoms with van der Waals surface area (Å²) in [6.45, 7) is 0. The van der Waals surface area contributed by atoms with Crippen LogP contribution in [0.1, 0.15) is 26.3 Å². The van der Waals surface area contributed by atoms with E-state index in [1.54, 1.807) is 36.4 Å². The predicted molar refractivity (Wildman–Crippen MR) is 86.9 cm³/mol. The maximum Gasteiger partial charge on any atom is 0.282 e. The lowest BCUT2D eigenvalue weighted by Gasteiger charge is -2.08. The van der Waals surface area contributed by atoms with Crippen molar-refractivity contribution in [2.75, 3.05) is 7.11 Å². The summed E-state index contributed by atoms with van der Waals surface area (Å²) >= 11 is 3.20. The van der Waals surface area contributed by atoms with Gasteiger partial charge in [-0.1, -0.05) is 12.1 Å². The Kier molecular flexibility index (Phi) is 3.87. The maximum absolute atomic E-state index is 12.2. The number of halogens is 1. The number of aromatic hydroxyl groups is 1. The fraction of sp³-hybridized carbons (Fsp3) is 0.0625. The van der Waals surface area contributed by atoms with Gasteiger partial charge < -0.3 is 9.84 Å². The molecule has 7 heteroatoms. The molecule has 0 aromatic heterocycles. The van der Waals surface area contributed by atoms with Crippen LogP contribution in [0.4, 0.5) is 0 Å². The normalized spacial score (nSPS) is 13.7. The molecule has 0 aliphatic carbocycles. The van der Waals surface area contributed by atoms with Gasteiger partial charge in [0, 0.05) is 0 Å². The molecule has 0 saturated carbocycles. The Hall–Kier alpha value is -2.67. The Bertz CT molecular complexity index is 813. The number of hydrazone groups is 1. The fourth-order valence-electron chi connectivity index (χ4n) is 2.23. The standard InChI is InChI=1S/C16H11BrN2O4/c1-23-13-7-9(6-12(17)14(13)20)8-18-19-15(21)10-4-2-3-5-11(10)16(19)22/h2-8,20H,1H3/b18-8+. The van der Waals surface area contributed by atoms with E-state index < -0.39 is 11.8 Å². The minimum Gasteiger partial charge on any atom is -0.503 e. The van der Waals surface area contributed by atoms with E-state index in [4.69, 9.17) is 4.74 Å². The summed E-state index contributed by atoms with van der Waals surface area (Å²) in [6.07, 6.45) is 1.36. The Morgan fingerprint density at radius 2 is 1.78 bits per heavy atom. The van der Waals surface area contributed by atoms with Crippen LogP contribution < -0.4 is 4.74 Å². The number of rotatable bonds is 3. The number of phenols is 1. The lowest BCUT2D eigenvalue weighted by molar-refractivity contribution is 0.0660. The smallest absolute Gasteiger partial charge is 0.282 e. The van der Waals surface area contributed by atoms with Crippen molar-refractivity contribution in [2.24, 2.45) is 5.10 Å². The van der Waals surface area contributed by atoms with Gasteiger partial charge >= 0.3 is 0 Å². The van der Waals surface area contributed by atoms with Crippen LogP contribution in [-0.4, -0.2) is 35.3 Å². The number of hydrogen-bond acceptors (Lipinski definition) is 5. The minimum absolute atomic E-state index is 0.0367. The van der Waals surface area contributed by atoms with Crippen molar-refractivity contribution in [3.8, 4) is 11.5 Å². The lowest BCUT2D eigenvalue weighted by Crippen LogP contribution is -2.23. The summed E-state index contributed by atoms with van der Waals surface area (Å²) < 4.78 is 5.46. The van der Waals surface area contributed by atoms with Crippen molar-refractivity contribution in [1.82, 2.24) is 5.01 Å². The van der Waals surface area contributed by atoms with Crippen LogP contribution >= 0.6 is 15.9 Å². The molecule has 3 rings (SSSR count). The number of carbonyl (C=O) groups excluding carboxylic acids is 2. The highest BCUT2D eigenvalue weighted by molar-refractivity contribution is 9.10. The molecule has 0 fully saturated rings. The minimum atomic E-state index is -0.466. The van der Waals surface area contributed by atoms with Gasteiger partial charge in [-0.2, -0.15) is 10.1 Å². The topological polar surface area (TPSA) is 79.2 Å². The Morgan fingerprint density at radius 3 is 2.35 bits per heavy atom. The van der Waals surface area contributed by atoms with E-state index in [2.05, 4.69) is 21.0 Å². The van der Waals surface area contributed by atoms with E-state index in [-0.39, 0.29) is 11.5 Å². The molecular formula is C16H11BrN2O4. The summed E-state index contributed by atoms with van der Waals surface area (Å²) in [5.41, 5.74) is 1.22. The average molecular weight is 375 g/mol. The first-order valence-corrected chi connectivity index (χ1v) is 7.40. The number of carbonyl (C=O) groups is 2. The quantitative estimate of drug-likeness (QED) is 0.661. The summed E-state index contributed by atoms with van der Waals surface area (Å²) in [7, 11) is 1.42. The molecule has 2 aromatic carbocycles. The second-order valence-electron chi connectivity index (χ2n) is 4.77. The SMILES string of the molecule is COc1cc(/C=N/N2C(=O)c3ccccc3C2=O)cc(Br)c1O. The van der Waals surface area contributed by atoms with E-state index >= 15 is 0 Å². The highest BCUT2D eigenvalue weighted by Gasteiger charge is 2.35. The molecular weight excluding hydrogens is 364 g/mol. The molecule has 1 N–H and O–H groups in total. The van der Waals surface area contributed by atoms with Gasteiger partial charge in [0.05, 0.1) is 28.9 Å². The van der Waals surface area contributed by atoms with E-state index in [1.807, 2.05) is 0 Å². The van der Waals surface area contributed by atoms with Crippen LogP contribution in [0.15, 0.2) is 46.0 Å². The van der Waals surface area contributed by atoms with Crippen LogP contribution in [-0.2, 0) is 0 Å². The first kappa shape index (κ1) is 15.2. The molecule has 116 valence electrons. The Labute approximate surface area is 140 Å². The van der Waals surface area contributed by atoms with Gasteiger partial charge in [-0.05, 0) is 45.8 Å². The van der Waals surface area contributed by atoms with Crippen LogP contribution in [0.5, 0.6) is 11.5 Å². The zero-order valence-electron chi connectivity index (χ0n) is 12.0. The van der Waals surface area contributed by atoms with E-state index in [9.17, 15) is 14.7 Å². The monoisotopic (exact) mass is 374 g/mol.